The first-order chi connectivity index (χ1) is 11.6. The largest absolute Gasteiger partial charge is 0.387 e. The van der Waals surface area contributed by atoms with Crippen LogP contribution in [0.25, 0.3) is 0 Å². The van der Waals surface area contributed by atoms with E-state index in [1.807, 2.05) is 6.92 Å². The lowest BCUT2D eigenvalue weighted by molar-refractivity contribution is -0.0453. The summed E-state index contributed by atoms with van der Waals surface area (Å²) >= 11 is 0. The first kappa shape index (κ1) is 17.8. The summed E-state index contributed by atoms with van der Waals surface area (Å²) in [7, 11) is 0. The van der Waals surface area contributed by atoms with Crippen molar-refractivity contribution in [1.82, 2.24) is 4.90 Å². The van der Waals surface area contributed by atoms with Crippen LogP contribution in [0.4, 0.5) is 4.39 Å². The lowest BCUT2D eigenvalue weighted by Gasteiger charge is -2.33. The molecule has 0 aromatic heterocycles. The molecule has 0 aliphatic carbocycles. The van der Waals surface area contributed by atoms with E-state index in [1.54, 1.807) is 6.07 Å². The molecule has 134 valence electrons. The van der Waals surface area contributed by atoms with Gasteiger partial charge in [0.2, 0.25) is 0 Å². The molecule has 24 heavy (non-hydrogen) atoms. The molecular weight excluding hydrogens is 309 g/mol. The number of piperidine rings is 1. The summed E-state index contributed by atoms with van der Waals surface area (Å²) in [5.41, 5.74) is 1.62. The van der Waals surface area contributed by atoms with Crippen molar-refractivity contribution in [3.05, 3.63) is 35.1 Å². The summed E-state index contributed by atoms with van der Waals surface area (Å²) in [6.07, 6.45) is 4.25. The van der Waals surface area contributed by atoms with Crippen molar-refractivity contribution in [1.29, 1.82) is 0 Å². The van der Waals surface area contributed by atoms with E-state index >= 15 is 0 Å². The fourth-order valence-corrected chi connectivity index (χ4v) is 3.63. The molecule has 4 nitrogen and oxygen atoms in total. The molecule has 5 heteroatoms. The molecule has 2 heterocycles. The number of halogens is 1. The molecule has 0 saturated carbocycles. The van der Waals surface area contributed by atoms with Gasteiger partial charge in [-0.15, -0.1) is 0 Å². The number of hydrogen-bond acceptors (Lipinski definition) is 4. The van der Waals surface area contributed by atoms with Gasteiger partial charge in [0.1, 0.15) is 5.82 Å². The number of likely N-dealkylation sites (tertiary alicyclic amines) is 1. The first-order valence-electron chi connectivity index (χ1n) is 9.01. The molecule has 2 fully saturated rings. The number of rotatable bonds is 6. The van der Waals surface area contributed by atoms with Crippen molar-refractivity contribution >= 4 is 0 Å². The number of aliphatic hydroxyl groups is 1. The Balaban J connectivity index is 1.41. The van der Waals surface area contributed by atoms with Crippen molar-refractivity contribution in [3.8, 4) is 0 Å². The molecule has 1 N–H and O–H groups in total. The molecule has 3 rings (SSSR count). The van der Waals surface area contributed by atoms with Crippen LogP contribution in [0.3, 0.4) is 0 Å². The lowest BCUT2D eigenvalue weighted by Crippen LogP contribution is -2.40. The van der Waals surface area contributed by atoms with Gasteiger partial charge >= 0.3 is 0 Å². The number of β-amino-alcohol motifs (C(OH)–C–C–N with tert-alkyl or cyclic N) is 1. The van der Waals surface area contributed by atoms with Crippen molar-refractivity contribution in [3.63, 3.8) is 0 Å². The highest BCUT2D eigenvalue weighted by molar-refractivity contribution is 5.28. The zero-order valence-corrected chi connectivity index (χ0v) is 14.4. The zero-order chi connectivity index (χ0) is 16.9. The molecule has 2 saturated heterocycles. The molecule has 0 spiro atoms. The molecule has 2 aliphatic rings. The van der Waals surface area contributed by atoms with E-state index in [2.05, 4.69) is 4.90 Å². The maximum absolute atomic E-state index is 13.2. The Bertz CT molecular complexity index is 525. The van der Waals surface area contributed by atoms with Crippen LogP contribution in [-0.4, -0.2) is 55.1 Å². The van der Waals surface area contributed by atoms with Crippen molar-refractivity contribution in [2.24, 2.45) is 0 Å². The first-order valence-corrected chi connectivity index (χ1v) is 9.01. The summed E-state index contributed by atoms with van der Waals surface area (Å²) in [5, 5.41) is 10.4. The van der Waals surface area contributed by atoms with Crippen LogP contribution in [0, 0.1) is 12.7 Å². The summed E-state index contributed by atoms with van der Waals surface area (Å²) in [6, 6.07) is 4.58. The van der Waals surface area contributed by atoms with Gasteiger partial charge in [0, 0.05) is 26.2 Å². The second kappa shape index (κ2) is 8.39. The van der Waals surface area contributed by atoms with E-state index in [-0.39, 0.29) is 11.9 Å². The second-order valence-corrected chi connectivity index (χ2v) is 6.99. The zero-order valence-electron chi connectivity index (χ0n) is 14.4. The fraction of sp³-hybridized carbons (Fsp3) is 0.684. The van der Waals surface area contributed by atoms with Gasteiger partial charge in [0.15, 0.2) is 0 Å². The predicted octanol–water partition coefficient (Wildman–Crippen LogP) is 2.83. The van der Waals surface area contributed by atoms with Crippen LogP contribution in [0.15, 0.2) is 18.2 Å². The Labute approximate surface area is 143 Å². The Morgan fingerprint density at radius 3 is 2.79 bits per heavy atom. The lowest BCUT2D eigenvalue weighted by atomic mass is 10.0. The molecule has 1 aromatic rings. The van der Waals surface area contributed by atoms with Gasteiger partial charge in [-0.25, -0.2) is 4.39 Å². The third-order valence-electron chi connectivity index (χ3n) is 5.10. The van der Waals surface area contributed by atoms with E-state index in [0.29, 0.717) is 19.3 Å². The normalized spacial score (nSPS) is 24.4. The standard InChI is InChI=1S/C19H28FNO3/c1-14-11-15(20)4-5-18(14)19(22)12-21-8-6-16(7-9-21)24-13-17-3-2-10-23-17/h4-5,11,16-17,19,22H,2-3,6-10,12-13H2,1H3. The quantitative estimate of drug-likeness (QED) is 0.867. The van der Waals surface area contributed by atoms with Gasteiger partial charge in [-0.05, 0) is 55.9 Å². The van der Waals surface area contributed by atoms with E-state index in [4.69, 9.17) is 9.47 Å². The number of nitrogens with zero attached hydrogens (tertiary/aromatic N) is 1. The van der Waals surface area contributed by atoms with Gasteiger partial charge in [0.05, 0.1) is 24.9 Å². The topological polar surface area (TPSA) is 41.9 Å². The third kappa shape index (κ3) is 4.76. The average molecular weight is 337 g/mol. The van der Waals surface area contributed by atoms with Crippen LogP contribution in [0.1, 0.15) is 42.9 Å². The molecule has 2 unspecified atom stereocenters. The highest BCUT2D eigenvalue weighted by Crippen LogP contribution is 2.22. The molecule has 0 amide bonds. The maximum atomic E-state index is 13.2. The van der Waals surface area contributed by atoms with Crippen molar-refractivity contribution in [2.75, 3.05) is 32.8 Å². The minimum absolute atomic E-state index is 0.257. The fourth-order valence-electron chi connectivity index (χ4n) is 3.63. The Morgan fingerprint density at radius 2 is 2.12 bits per heavy atom. The summed E-state index contributed by atoms with van der Waals surface area (Å²) in [5.74, 6) is -0.257. The Kier molecular flexibility index (Phi) is 6.22. The third-order valence-corrected chi connectivity index (χ3v) is 5.10. The van der Waals surface area contributed by atoms with E-state index < -0.39 is 6.10 Å². The van der Waals surface area contributed by atoms with Gasteiger partial charge in [0.25, 0.3) is 0 Å². The van der Waals surface area contributed by atoms with Gasteiger partial charge in [-0.3, -0.25) is 0 Å². The number of aliphatic hydroxyl groups excluding tert-OH is 1. The van der Waals surface area contributed by atoms with E-state index in [9.17, 15) is 9.50 Å². The van der Waals surface area contributed by atoms with Gasteiger partial charge < -0.3 is 19.5 Å². The minimum Gasteiger partial charge on any atom is -0.387 e. The van der Waals surface area contributed by atoms with E-state index in [0.717, 1.165) is 56.5 Å². The monoisotopic (exact) mass is 337 g/mol. The Morgan fingerprint density at radius 1 is 1.33 bits per heavy atom. The second-order valence-electron chi connectivity index (χ2n) is 6.99. The number of hydrogen-bond donors (Lipinski definition) is 1. The average Bonchev–Trinajstić information content (AvgIpc) is 3.07. The van der Waals surface area contributed by atoms with Crippen LogP contribution in [0.5, 0.6) is 0 Å². The summed E-state index contributed by atoms with van der Waals surface area (Å²) < 4.78 is 24.8. The highest BCUT2D eigenvalue weighted by atomic mass is 19.1. The smallest absolute Gasteiger partial charge is 0.123 e. The van der Waals surface area contributed by atoms with E-state index in [1.165, 1.54) is 12.1 Å². The SMILES string of the molecule is Cc1cc(F)ccc1C(O)CN1CCC(OCC2CCCO2)CC1. The molecule has 0 radical (unpaired) electrons. The molecule has 2 atom stereocenters. The van der Waals surface area contributed by atoms with Crippen LogP contribution < -0.4 is 0 Å². The van der Waals surface area contributed by atoms with Crippen molar-refractivity contribution in [2.45, 2.75) is 50.9 Å². The van der Waals surface area contributed by atoms with Crippen molar-refractivity contribution < 1.29 is 19.0 Å². The minimum atomic E-state index is -0.574. The molecule has 0 bridgehead atoms. The number of benzene rings is 1. The molecular formula is C19H28FNO3. The van der Waals surface area contributed by atoms with Crippen LogP contribution >= 0.6 is 0 Å². The highest BCUT2D eigenvalue weighted by Gasteiger charge is 2.24. The predicted molar refractivity (Wildman–Crippen MR) is 90.5 cm³/mol. The maximum Gasteiger partial charge on any atom is 0.123 e. The Hall–Kier alpha value is -1.01. The van der Waals surface area contributed by atoms with Crippen LogP contribution in [0.2, 0.25) is 0 Å². The van der Waals surface area contributed by atoms with Crippen LogP contribution in [-0.2, 0) is 9.47 Å². The molecule has 2 aliphatic heterocycles. The summed E-state index contributed by atoms with van der Waals surface area (Å²) in [4.78, 5) is 2.26. The van der Waals surface area contributed by atoms with Gasteiger partial charge in [-0.2, -0.15) is 0 Å². The number of ether oxygens (including phenoxy) is 2. The molecule has 1 aromatic carbocycles. The summed E-state index contributed by atoms with van der Waals surface area (Å²) in [6.45, 7) is 5.86. The van der Waals surface area contributed by atoms with Gasteiger partial charge in [-0.1, -0.05) is 6.07 Å². The number of aryl methyl sites for hydroxylation is 1.